The van der Waals surface area contributed by atoms with Crippen molar-refractivity contribution in [2.45, 2.75) is 27.3 Å². The molecule has 7 nitrogen and oxygen atoms in total. The summed E-state index contributed by atoms with van der Waals surface area (Å²) in [6.07, 6.45) is 0. The van der Waals surface area contributed by atoms with Gasteiger partial charge in [0.15, 0.2) is 0 Å². The van der Waals surface area contributed by atoms with Crippen molar-refractivity contribution in [2.75, 3.05) is 6.61 Å². The molecule has 0 unspecified atom stereocenters. The van der Waals surface area contributed by atoms with E-state index in [2.05, 4.69) is 20.4 Å². The summed E-state index contributed by atoms with van der Waals surface area (Å²) < 4.78 is 7.02. The first-order valence-electron chi connectivity index (χ1n) is 7.78. The Morgan fingerprint density at radius 2 is 2.08 bits per heavy atom. The summed E-state index contributed by atoms with van der Waals surface area (Å²) in [4.78, 5) is 20.8. The Labute approximate surface area is 139 Å². The van der Waals surface area contributed by atoms with E-state index in [1.807, 2.05) is 51.1 Å². The number of nitrogens with one attached hydrogen (secondary N) is 1. The first-order valence-corrected chi connectivity index (χ1v) is 7.78. The second-order valence-corrected chi connectivity index (χ2v) is 5.45. The first kappa shape index (κ1) is 15.9. The number of ether oxygens (including phenoxy) is 1. The molecule has 1 aromatic carbocycles. The number of hydrogen-bond acceptors (Lipinski definition) is 5. The monoisotopic (exact) mass is 325 g/mol. The normalized spacial score (nSPS) is 10.8. The number of hydrogen-bond donors (Lipinski definition) is 1. The van der Waals surface area contributed by atoms with Crippen LogP contribution in [0, 0.1) is 13.8 Å². The molecule has 0 bridgehead atoms. The standard InChI is InChI=1S/C17H19N5O2/c1-4-24-14-7-5-6-13(9-14)10-18-16(23)15-20-17-19-11(2)8-12(3)22(17)21-15/h5-9H,4,10H2,1-3H3,(H,18,23). The third-order valence-corrected chi connectivity index (χ3v) is 3.48. The van der Waals surface area contributed by atoms with E-state index in [1.165, 1.54) is 0 Å². The van der Waals surface area contributed by atoms with Crippen LogP contribution in [-0.4, -0.2) is 32.1 Å². The lowest BCUT2D eigenvalue weighted by Crippen LogP contribution is -2.24. The fourth-order valence-electron chi connectivity index (χ4n) is 2.44. The number of aryl methyl sites for hydroxylation is 2. The average molecular weight is 325 g/mol. The molecule has 1 amide bonds. The predicted octanol–water partition coefficient (Wildman–Crippen LogP) is 2.07. The van der Waals surface area contributed by atoms with E-state index < -0.39 is 0 Å². The summed E-state index contributed by atoms with van der Waals surface area (Å²) in [7, 11) is 0. The van der Waals surface area contributed by atoms with Crippen LogP contribution in [0.15, 0.2) is 30.3 Å². The lowest BCUT2D eigenvalue weighted by Gasteiger charge is -2.06. The number of carbonyl (C=O) groups excluding carboxylic acids is 1. The third kappa shape index (κ3) is 3.34. The minimum atomic E-state index is -0.334. The van der Waals surface area contributed by atoms with Gasteiger partial charge in [0.25, 0.3) is 11.7 Å². The van der Waals surface area contributed by atoms with Gasteiger partial charge in [0, 0.05) is 17.9 Å². The molecule has 24 heavy (non-hydrogen) atoms. The Balaban J connectivity index is 1.73. The lowest BCUT2D eigenvalue weighted by molar-refractivity contribution is 0.0940. The molecule has 0 aliphatic carbocycles. The molecule has 0 atom stereocenters. The van der Waals surface area contributed by atoms with Gasteiger partial charge in [0.05, 0.1) is 6.61 Å². The molecule has 7 heteroatoms. The van der Waals surface area contributed by atoms with E-state index in [-0.39, 0.29) is 11.7 Å². The van der Waals surface area contributed by atoms with Crippen molar-refractivity contribution in [3.05, 3.63) is 53.1 Å². The molecule has 3 aromatic rings. The fourth-order valence-corrected chi connectivity index (χ4v) is 2.44. The lowest BCUT2D eigenvalue weighted by atomic mass is 10.2. The second kappa shape index (κ2) is 6.66. The van der Waals surface area contributed by atoms with Crippen LogP contribution < -0.4 is 10.1 Å². The average Bonchev–Trinajstić information content (AvgIpc) is 2.98. The molecule has 0 fully saturated rings. The van der Waals surface area contributed by atoms with E-state index in [0.29, 0.717) is 18.9 Å². The van der Waals surface area contributed by atoms with Gasteiger partial charge in [-0.1, -0.05) is 12.1 Å². The van der Waals surface area contributed by atoms with Gasteiger partial charge in [-0.05, 0) is 44.5 Å². The number of fused-ring (bicyclic) bond motifs is 1. The van der Waals surface area contributed by atoms with E-state index in [0.717, 1.165) is 22.7 Å². The van der Waals surface area contributed by atoms with E-state index in [9.17, 15) is 4.79 Å². The Morgan fingerprint density at radius 3 is 2.88 bits per heavy atom. The molecule has 3 rings (SSSR count). The number of aromatic nitrogens is 4. The van der Waals surface area contributed by atoms with Gasteiger partial charge in [-0.15, -0.1) is 5.10 Å². The van der Waals surface area contributed by atoms with Crippen molar-refractivity contribution in [1.82, 2.24) is 24.9 Å². The Morgan fingerprint density at radius 1 is 1.25 bits per heavy atom. The van der Waals surface area contributed by atoms with Crippen molar-refractivity contribution in [3.63, 3.8) is 0 Å². The highest BCUT2D eigenvalue weighted by atomic mass is 16.5. The Hall–Kier alpha value is -2.96. The number of rotatable bonds is 5. The van der Waals surface area contributed by atoms with E-state index in [4.69, 9.17) is 4.74 Å². The number of carbonyl (C=O) groups is 1. The summed E-state index contributed by atoms with van der Waals surface area (Å²) >= 11 is 0. The zero-order valence-electron chi connectivity index (χ0n) is 13.9. The van der Waals surface area contributed by atoms with Gasteiger partial charge in [0.2, 0.25) is 5.82 Å². The van der Waals surface area contributed by atoms with Crippen LogP contribution in [0.1, 0.15) is 34.5 Å². The second-order valence-electron chi connectivity index (χ2n) is 5.45. The zero-order chi connectivity index (χ0) is 17.1. The highest BCUT2D eigenvalue weighted by Crippen LogP contribution is 2.13. The van der Waals surface area contributed by atoms with Crippen LogP contribution in [0.4, 0.5) is 0 Å². The van der Waals surface area contributed by atoms with Crippen LogP contribution in [0.2, 0.25) is 0 Å². The van der Waals surface area contributed by atoms with Gasteiger partial charge < -0.3 is 10.1 Å². The molecule has 2 heterocycles. The van der Waals surface area contributed by atoms with Crippen LogP contribution in [0.3, 0.4) is 0 Å². The molecular weight excluding hydrogens is 306 g/mol. The van der Waals surface area contributed by atoms with Gasteiger partial charge in [-0.25, -0.2) is 9.50 Å². The molecule has 0 aliphatic heterocycles. The highest BCUT2D eigenvalue weighted by Gasteiger charge is 2.14. The van der Waals surface area contributed by atoms with Crippen LogP contribution >= 0.6 is 0 Å². The van der Waals surface area contributed by atoms with E-state index >= 15 is 0 Å². The molecule has 0 radical (unpaired) electrons. The van der Waals surface area contributed by atoms with Crippen molar-refractivity contribution in [1.29, 1.82) is 0 Å². The van der Waals surface area contributed by atoms with Crippen molar-refractivity contribution < 1.29 is 9.53 Å². The van der Waals surface area contributed by atoms with Crippen molar-refractivity contribution >= 4 is 11.7 Å². The molecule has 0 aliphatic rings. The summed E-state index contributed by atoms with van der Waals surface area (Å²) in [6, 6.07) is 9.49. The van der Waals surface area contributed by atoms with Gasteiger partial charge in [-0.3, -0.25) is 4.79 Å². The van der Waals surface area contributed by atoms with E-state index in [1.54, 1.807) is 4.52 Å². The molecule has 0 spiro atoms. The smallest absolute Gasteiger partial charge is 0.291 e. The topological polar surface area (TPSA) is 81.4 Å². The summed E-state index contributed by atoms with van der Waals surface area (Å²) in [5.41, 5.74) is 2.67. The Kier molecular flexibility index (Phi) is 4.41. The zero-order valence-corrected chi connectivity index (χ0v) is 13.9. The number of benzene rings is 1. The molecule has 124 valence electrons. The molecular formula is C17H19N5O2. The maximum Gasteiger partial charge on any atom is 0.291 e. The number of nitrogens with zero attached hydrogens (tertiary/aromatic N) is 4. The van der Waals surface area contributed by atoms with Crippen molar-refractivity contribution in [3.8, 4) is 5.75 Å². The molecule has 0 saturated carbocycles. The SMILES string of the molecule is CCOc1cccc(CNC(=O)c2nc3nc(C)cc(C)n3n2)c1. The maximum absolute atomic E-state index is 12.3. The Bertz CT molecular complexity index is 888. The van der Waals surface area contributed by atoms with Gasteiger partial charge in [-0.2, -0.15) is 4.98 Å². The summed E-state index contributed by atoms with van der Waals surface area (Å²) in [6.45, 7) is 6.69. The molecule has 2 aromatic heterocycles. The van der Waals surface area contributed by atoms with Crippen LogP contribution in [-0.2, 0) is 6.54 Å². The third-order valence-electron chi connectivity index (χ3n) is 3.48. The molecule has 0 saturated heterocycles. The summed E-state index contributed by atoms with van der Waals surface area (Å²) in [5, 5.41) is 7.04. The number of amides is 1. The maximum atomic E-state index is 12.3. The summed E-state index contributed by atoms with van der Waals surface area (Å²) in [5.74, 6) is 0.984. The predicted molar refractivity (Wildman–Crippen MR) is 89.0 cm³/mol. The van der Waals surface area contributed by atoms with Crippen molar-refractivity contribution in [2.24, 2.45) is 0 Å². The largest absolute Gasteiger partial charge is 0.494 e. The highest BCUT2D eigenvalue weighted by molar-refractivity contribution is 5.90. The van der Waals surface area contributed by atoms with Gasteiger partial charge in [0.1, 0.15) is 5.75 Å². The van der Waals surface area contributed by atoms with Crippen LogP contribution in [0.25, 0.3) is 5.78 Å². The van der Waals surface area contributed by atoms with Crippen LogP contribution in [0.5, 0.6) is 5.75 Å². The molecule has 1 N–H and O–H groups in total. The minimum Gasteiger partial charge on any atom is -0.494 e. The minimum absolute atomic E-state index is 0.108. The quantitative estimate of drug-likeness (QED) is 0.776. The first-order chi connectivity index (χ1) is 11.6. The fraction of sp³-hybridized carbons (Fsp3) is 0.294. The van der Waals surface area contributed by atoms with Gasteiger partial charge >= 0.3 is 0 Å².